The number of halogens is 4. The number of aryl methyl sites for hydroxylation is 1. The predicted octanol–water partition coefficient (Wildman–Crippen LogP) is 5.41. The van der Waals surface area contributed by atoms with Crippen LogP contribution in [0.3, 0.4) is 0 Å². The lowest BCUT2D eigenvalue weighted by Crippen LogP contribution is -2.18. The average Bonchev–Trinajstić information content (AvgIpc) is 2.49. The van der Waals surface area contributed by atoms with Crippen molar-refractivity contribution in [1.29, 1.82) is 0 Å². The monoisotopic (exact) mass is 358 g/mol. The zero-order valence-electron chi connectivity index (χ0n) is 13.5. The Morgan fingerprint density at radius 3 is 2.50 bits per heavy atom. The Hall–Kier alpha value is -2.02. The van der Waals surface area contributed by atoms with Crippen LogP contribution in [0.1, 0.15) is 31.5 Å². The van der Waals surface area contributed by atoms with Gasteiger partial charge >= 0.3 is 6.18 Å². The molecule has 0 fully saturated rings. The van der Waals surface area contributed by atoms with Gasteiger partial charge in [0.1, 0.15) is 5.82 Å². The van der Waals surface area contributed by atoms with Crippen LogP contribution in [0.5, 0.6) is 0 Å². The van der Waals surface area contributed by atoms with Gasteiger partial charge in [-0.3, -0.25) is 0 Å². The highest BCUT2D eigenvalue weighted by Gasteiger charge is 2.33. The van der Waals surface area contributed by atoms with Gasteiger partial charge in [0.15, 0.2) is 5.69 Å². The number of hydrogen-bond acceptors (Lipinski definition) is 4. The Bertz CT molecular complexity index is 719. The summed E-state index contributed by atoms with van der Waals surface area (Å²) in [6, 6.07) is 5.95. The largest absolute Gasteiger partial charge is 0.433 e. The highest BCUT2D eigenvalue weighted by Crippen LogP contribution is 2.31. The number of benzene rings is 1. The van der Waals surface area contributed by atoms with E-state index in [-0.39, 0.29) is 17.8 Å². The highest BCUT2D eigenvalue weighted by atomic mass is 35.5. The summed E-state index contributed by atoms with van der Waals surface area (Å²) in [4.78, 5) is 7.66. The van der Waals surface area contributed by atoms with Crippen molar-refractivity contribution in [3.05, 3.63) is 40.5 Å². The van der Waals surface area contributed by atoms with E-state index in [1.807, 2.05) is 20.8 Å². The fourth-order valence-corrected chi connectivity index (χ4v) is 2.04. The van der Waals surface area contributed by atoms with E-state index < -0.39 is 11.9 Å². The third kappa shape index (κ3) is 4.74. The number of nitrogens with zero attached hydrogens (tertiary/aromatic N) is 2. The van der Waals surface area contributed by atoms with Gasteiger partial charge in [-0.25, -0.2) is 4.98 Å². The molecule has 0 aliphatic rings. The van der Waals surface area contributed by atoms with E-state index in [0.717, 1.165) is 18.1 Å². The molecule has 0 amide bonds. The molecule has 0 saturated carbocycles. The van der Waals surface area contributed by atoms with Gasteiger partial charge < -0.3 is 10.6 Å². The quantitative estimate of drug-likeness (QED) is 0.750. The molecule has 0 radical (unpaired) electrons. The summed E-state index contributed by atoms with van der Waals surface area (Å²) in [5.74, 6) is -0.0251. The second kappa shape index (κ2) is 7.25. The summed E-state index contributed by atoms with van der Waals surface area (Å²) in [6.07, 6.45) is -3.83. The molecule has 1 aromatic carbocycles. The van der Waals surface area contributed by atoms with Crippen molar-refractivity contribution >= 4 is 29.1 Å². The zero-order chi connectivity index (χ0) is 17.9. The molecule has 0 aliphatic heterocycles. The van der Waals surface area contributed by atoms with E-state index in [1.54, 1.807) is 18.2 Å². The van der Waals surface area contributed by atoms with Crippen LogP contribution in [0.2, 0.25) is 5.02 Å². The minimum Gasteiger partial charge on any atom is -0.352 e. The Morgan fingerprint density at radius 1 is 1.21 bits per heavy atom. The molecule has 24 heavy (non-hydrogen) atoms. The van der Waals surface area contributed by atoms with Crippen LogP contribution in [0.25, 0.3) is 0 Å². The molecule has 2 aromatic rings. The lowest BCUT2D eigenvalue weighted by atomic mass is 10.2. The van der Waals surface area contributed by atoms with Crippen molar-refractivity contribution in [2.75, 3.05) is 10.6 Å². The third-order valence-corrected chi connectivity index (χ3v) is 3.86. The summed E-state index contributed by atoms with van der Waals surface area (Å²) in [6.45, 7) is 5.60. The first-order valence-electron chi connectivity index (χ1n) is 7.45. The van der Waals surface area contributed by atoms with Gasteiger partial charge in [-0.1, -0.05) is 24.6 Å². The topological polar surface area (TPSA) is 49.8 Å². The van der Waals surface area contributed by atoms with Gasteiger partial charge in [-0.2, -0.15) is 18.2 Å². The molecule has 0 aliphatic carbocycles. The molecule has 0 bridgehead atoms. The van der Waals surface area contributed by atoms with E-state index in [1.165, 1.54) is 0 Å². The smallest absolute Gasteiger partial charge is 0.352 e. The Morgan fingerprint density at radius 2 is 1.92 bits per heavy atom. The van der Waals surface area contributed by atoms with Crippen LogP contribution in [0.4, 0.5) is 30.6 Å². The van der Waals surface area contributed by atoms with Gasteiger partial charge in [0, 0.05) is 22.8 Å². The molecule has 1 aromatic heterocycles. The Labute approximate surface area is 143 Å². The second-order valence-corrected chi connectivity index (χ2v) is 5.91. The summed E-state index contributed by atoms with van der Waals surface area (Å²) in [5.41, 5.74) is 0.413. The summed E-state index contributed by atoms with van der Waals surface area (Å²) in [7, 11) is 0. The van der Waals surface area contributed by atoms with Crippen molar-refractivity contribution < 1.29 is 13.2 Å². The molecular formula is C16H18ClF3N4. The summed E-state index contributed by atoms with van der Waals surface area (Å²) in [5, 5.41) is 6.22. The van der Waals surface area contributed by atoms with Crippen molar-refractivity contribution in [3.63, 3.8) is 0 Å². The van der Waals surface area contributed by atoms with E-state index in [2.05, 4.69) is 20.6 Å². The third-order valence-electron chi connectivity index (χ3n) is 3.45. The second-order valence-electron chi connectivity index (χ2n) is 5.50. The molecule has 1 heterocycles. The first-order chi connectivity index (χ1) is 11.2. The molecule has 8 heteroatoms. The molecular weight excluding hydrogens is 341 g/mol. The normalized spacial score (nSPS) is 12.8. The highest BCUT2D eigenvalue weighted by molar-refractivity contribution is 6.31. The van der Waals surface area contributed by atoms with Gasteiger partial charge in [0.2, 0.25) is 5.95 Å². The average molecular weight is 359 g/mol. The fraction of sp³-hybridized carbons (Fsp3) is 0.375. The number of aromatic nitrogens is 2. The van der Waals surface area contributed by atoms with Crippen molar-refractivity contribution in [2.24, 2.45) is 0 Å². The number of anilines is 3. The first kappa shape index (κ1) is 18.3. The van der Waals surface area contributed by atoms with E-state index in [0.29, 0.717) is 10.7 Å². The maximum atomic E-state index is 13.1. The Kier molecular flexibility index (Phi) is 5.54. The number of nitrogens with one attached hydrogen (secondary N) is 2. The molecule has 2 N–H and O–H groups in total. The molecule has 0 unspecified atom stereocenters. The van der Waals surface area contributed by atoms with Crippen LogP contribution in [-0.2, 0) is 6.18 Å². The van der Waals surface area contributed by atoms with Crippen LogP contribution >= 0.6 is 11.6 Å². The Balaban J connectivity index is 2.36. The minimum atomic E-state index is -4.56. The number of hydrogen-bond donors (Lipinski definition) is 2. The maximum Gasteiger partial charge on any atom is 0.433 e. The minimum absolute atomic E-state index is 0.0445. The van der Waals surface area contributed by atoms with Crippen LogP contribution in [0.15, 0.2) is 24.3 Å². The first-order valence-corrected chi connectivity index (χ1v) is 7.83. The number of rotatable bonds is 5. The van der Waals surface area contributed by atoms with Gasteiger partial charge in [-0.05, 0) is 38.0 Å². The van der Waals surface area contributed by atoms with Crippen LogP contribution < -0.4 is 10.6 Å². The standard InChI is InChI=1S/C16H18ClF3N4/c1-4-10(3)21-15-23-13(16(18,19)20)8-14(24-15)22-11-6-5-9(2)12(17)7-11/h5-8,10H,4H2,1-3H3,(H2,21,22,23,24)/t10-/m1/s1. The van der Waals surface area contributed by atoms with Gasteiger partial charge in [0.05, 0.1) is 0 Å². The van der Waals surface area contributed by atoms with Gasteiger partial charge in [0.25, 0.3) is 0 Å². The summed E-state index contributed by atoms with van der Waals surface area (Å²) < 4.78 is 39.2. The van der Waals surface area contributed by atoms with E-state index >= 15 is 0 Å². The van der Waals surface area contributed by atoms with Crippen LogP contribution in [-0.4, -0.2) is 16.0 Å². The summed E-state index contributed by atoms with van der Waals surface area (Å²) >= 11 is 6.04. The predicted molar refractivity (Wildman–Crippen MR) is 89.9 cm³/mol. The van der Waals surface area contributed by atoms with E-state index in [9.17, 15) is 13.2 Å². The SMILES string of the molecule is CC[C@@H](C)Nc1nc(Nc2ccc(C)c(Cl)c2)cc(C(F)(F)F)n1. The van der Waals surface area contributed by atoms with Crippen molar-refractivity contribution in [1.82, 2.24) is 9.97 Å². The molecule has 130 valence electrons. The van der Waals surface area contributed by atoms with Crippen molar-refractivity contribution in [2.45, 2.75) is 39.4 Å². The molecule has 1 atom stereocenters. The molecule has 4 nitrogen and oxygen atoms in total. The molecule has 2 rings (SSSR count). The van der Waals surface area contributed by atoms with Crippen LogP contribution in [0, 0.1) is 6.92 Å². The fourth-order valence-electron chi connectivity index (χ4n) is 1.86. The molecule has 0 saturated heterocycles. The molecule has 0 spiro atoms. The zero-order valence-corrected chi connectivity index (χ0v) is 14.3. The van der Waals surface area contributed by atoms with E-state index in [4.69, 9.17) is 11.6 Å². The lowest BCUT2D eigenvalue weighted by Gasteiger charge is -2.15. The van der Waals surface area contributed by atoms with Gasteiger partial charge in [-0.15, -0.1) is 0 Å². The van der Waals surface area contributed by atoms with Crippen molar-refractivity contribution in [3.8, 4) is 0 Å². The number of alkyl halides is 3. The lowest BCUT2D eigenvalue weighted by molar-refractivity contribution is -0.141. The maximum absolute atomic E-state index is 13.1.